The summed E-state index contributed by atoms with van der Waals surface area (Å²) in [5.74, 6) is 1.09. The normalized spacial score (nSPS) is 16.3. The molecule has 1 unspecified atom stereocenters. The van der Waals surface area contributed by atoms with Crippen LogP contribution < -0.4 is 4.48 Å². The molecule has 4 aromatic carbocycles. The van der Waals surface area contributed by atoms with Gasteiger partial charge >= 0.3 is 5.97 Å². The van der Waals surface area contributed by atoms with E-state index in [9.17, 15) is 9.90 Å². The molecule has 194 valence electrons. The number of rotatable bonds is 7. The highest BCUT2D eigenvalue weighted by molar-refractivity contribution is 6.13. The average Bonchev–Trinajstić information content (AvgIpc) is 3.48. The van der Waals surface area contributed by atoms with Crippen LogP contribution in [0.2, 0.25) is 0 Å². The SMILES string of the molecule is CCCc1nc2c(C)cc(C3=Nc4ccccc4[N+]3(C)Cc3ccc(-c4ccccc4C(=O)O)cc3)cc2[nH]1. The Morgan fingerprint density at radius 3 is 2.46 bits per heavy atom. The summed E-state index contributed by atoms with van der Waals surface area (Å²) in [7, 11) is 2.22. The van der Waals surface area contributed by atoms with E-state index in [1.165, 1.54) is 0 Å². The number of aryl methyl sites for hydroxylation is 2. The Morgan fingerprint density at radius 1 is 0.949 bits per heavy atom. The molecule has 0 saturated heterocycles. The molecule has 0 fully saturated rings. The summed E-state index contributed by atoms with van der Waals surface area (Å²) in [5.41, 5.74) is 9.46. The number of fused-ring (bicyclic) bond motifs is 2. The van der Waals surface area contributed by atoms with Gasteiger partial charge in [0.05, 0.1) is 29.2 Å². The fourth-order valence-corrected chi connectivity index (χ4v) is 5.73. The van der Waals surface area contributed by atoms with E-state index < -0.39 is 5.97 Å². The van der Waals surface area contributed by atoms with Crippen LogP contribution in [0.5, 0.6) is 0 Å². The standard InChI is InChI=1S/C33H30N4O2/c1-4-9-30-34-28-19-24(18-21(2)31(28)36-30)32-35-27-12-7-8-13-29(27)37(32,3)20-22-14-16-23(17-15-22)25-10-5-6-11-26(25)33(38)39/h5-8,10-19H,4,9,20H2,1-3H3,(H-,34,35,36,38,39)/p+1. The first-order valence-corrected chi connectivity index (χ1v) is 13.3. The third kappa shape index (κ3) is 4.33. The van der Waals surface area contributed by atoms with Crippen molar-refractivity contribution in [1.29, 1.82) is 0 Å². The molecule has 6 nitrogen and oxygen atoms in total. The molecule has 6 rings (SSSR count). The molecule has 0 aliphatic carbocycles. The fourth-order valence-electron chi connectivity index (χ4n) is 5.73. The Hall–Kier alpha value is -4.55. The van der Waals surface area contributed by atoms with Gasteiger partial charge in [0.1, 0.15) is 18.1 Å². The summed E-state index contributed by atoms with van der Waals surface area (Å²) < 4.78 is 0.530. The Kier molecular flexibility index (Phi) is 6.12. The number of carboxylic acids is 1. The lowest BCUT2D eigenvalue weighted by Gasteiger charge is -2.31. The van der Waals surface area contributed by atoms with E-state index >= 15 is 0 Å². The third-order valence-electron chi connectivity index (χ3n) is 7.60. The number of quaternary nitrogens is 1. The van der Waals surface area contributed by atoms with Gasteiger partial charge in [0.2, 0.25) is 5.84 Å². The number of aromatic amines is 1. The molecule has 0 radical (unpaired) electrons. The van der Waals surface area contributed by atoms with Crippen molar-refractivity contribution in [3.8, 4) is 11.1 Å². The minimum Gasteiger partial charge on any atom is -0.478 e. The van der Waals surface area contributed by atoms with Crippen LogP contribution in [0.3, 0.4) is 0 Å². The molecular weight excluding hydrogens is 484 g/mol. The number of imidazole rings is 1. The molecule has 0 amide bonds. The van der Waals surface area contributed by atoms with E-state index in [2.05, 4.69) is 68.3 Å². The summed E-state index contributed by atoms with van der Waals surface area (Å²) >= 11 is 0. The molecule has 0 spiro atoms. The van der Waals surface area contributed by atoms with Gasteiger partial charge in [0.25, 0.3) is 0 Å². The van der Waals surface area contributed by atoms with Crippen molar-refractivity contribution >= 4 is 34.2 Å². The van der Waals surface area contributed by atoms with Gasteiger partial charge < -0.3 is 10.1 Å². The average molecular weight is 516 g/mol. The number of H-pyrrole nitrogens is 1. The number of aromatic carboxylic acids is 1. The minimum absolute atomic E-state index is 0.304. The smallest absolute Gasteiger partial charge is 0.336 e. The first-order valence-electron chi connectivity index (χ1n) is 13.3. The number of aliphatic imine (C=N–C) groups is 1. The highest BCUT2D eigenvalue weighted by Crippen LogP contribution is 2.42. The molecule has 2 heterocycles. The maximum absolute atomic E-state index is 11.7. The van der Waals surface area contributed by atoms with Crippen LogP contribution in [0.1, 0.15) is 46.2 Å². The summed E-state index contributed by atoms with van der Waals surface area (Å²) in [6, 6.07) is 28.1. The molecule has 0 saturated carbocycles. The molecule has 39 heavy (non-hydrogen) atoms. The highest BCUT2D eigenvalue weighted by Gasteiger charge is 2.41. The molecule has 2 N–H and O–H groups in total. The number of para-hydroxylation sites is 2. The van der Waals surface area contributed by atoms with Gasteiger partial charge in [-0.15, -0.1) is 0 Å². The molecule has 1 aliphatic rings. The van der Waals surface area contributed by atoms with E-state index in [0.29, 0.717) is 16.6 Å². The number of carboxylic acid groups (broad SMARTS) is 1. The maximum Gasteiger partial charge on any atom is 0.336 e. The Labute approximate surface area is 227 Å². The predicted molar refractivity (Wildman–Crippen MR) is 158 cm³/mol. The number of hydrogen-bond donors (Lipinski definition) is 2. The number of nitrogens with zero attached hydrogens (tertiary/aromatic N) is 3. The molecule has 6 heteroatoms. The number of amidine groups is 1. The Morgan fingerprint density at radius 2 is 1.69 bits per heavy atom. The largest absolute Gasteiger partial charge is 0.478 e. The van der Waals surface area contributed by atoms with Crippen LogP contribution in [0.15, 0.2) is 89.9 Å². The van der Waals surface area contributed by atoms with Gasteiger partial charge in [-0.1, -0.05) is 61.5 Å². The van der Waals surface area contributed by atoms with E-state index in [1.54, 1.807) is 12.1 Å². The molecule has 1 aromatic heterocycles. The number of benzene rings is 4. The third-order valence-corrected chi connectivity index (χ3v) is 7.60. The highest BCUT2D eigenvalue weighted by atomic mass is 16.4. The van der Waals surface area contributed by atoms with Gasteiger partial charge in [-0.25, -0.2) is 14.3 Å². The molecule has 5 aromatic rings. The van der Waals surface area contributed by atoms with Gasteiger partial charge in [-0.2, -0.15) is 4.99 Å². The number of hydrogen-bond acceptors (Lipinski definition) is 3. The maximum atomic E-state index is 11.7. The second-order valence-electron chi connectivity index (χ2n) is 10.4. The number of aromatic nitrogens is 2. The zero-order chi connectivity index (χ0) is 27.1. The molecular formula is C33H31N4O2+. The molecule has 0 bridgehead atoms. The lowest BCUT2D eigenvalue weighted by atomic mass is 9.98. The van der Waals surface area contributed by atoms with E-state index in [-0.39, 0.29) is 0 Å². The first kappa shape index (κ1) is 24.8. The summed E-state index contributed by atoms with van der Waals surface area (Å²) in [5, 5.41) is 9.63. The zero-order valence-corrected chi connectivity index (χ0v) is 22.4. The lowest BCUT2D eigenvalue weighted by molar-refractivity contribution is 0.0697. The van der Waals surface area contributed by atoms with Gasteiger partial charge in [0.15, 0.2) is 5.69 Å². The van der Waals surface area contributed by atoms with Crippen molar-refractivity contribution in [2.75, 3.05) is 7.05 Å². The van der Waals surface area contributed by atoms with Gasteiger partial charge in [-0.3, -0.25) is 0 Å². The van der Waals surface area contributed by atoms with Crippen molar-refractivity contribution in [3.63, 3.8) is 0 Å². The van der Waals surface area contributed by atoms with Crippen LogP contribution >= 0.6 is 0 Å². The first-order chi connectivity index (χ1) is 18.9. The Balaban J connectivity index is 1.39. The van der Waals surface area contributed by atoms with Crippen LogP contribution in [0, 0.1) is 6.92 Å². The van der Waals surface area contributed by atoms with E-state index in [4.69, 9.17) is 9.98 Å². The van der Waals surface area contributed by atoms with Gasteiger partial charge in [-0.05, 0) is 54.3 Å². The number of carbonyl (C=O) groups is 1. The van der Waals surface area contributed by atoms with Crippen LogP contribution in [-0.4, -0.2) is 33.9 Å². The van der Waals surface area contributed by atoms with Crippen molar-refractivity contribution in [2.24, 2.45) is 4.99 Å². The second-order valence-corrected chi connectivity index (χ2v) is 10.4. The van der Waals surface area contributed by atoms with Crippen LogP contribution in [-0.2, 0) is 13.0 Å². The van der Waals surface area contributed by atoms with E-state index in [0.717, 1.165) is 74.7 Å². The second kappa shape index (κ2) is 9.64. The van der Waals surface area contributed by atoms with Crippen molar-refractivity contribution in [3.05, 3.63) is 113 Å². The zero-order valence-electron chi connectivity index (χ0n) is 22.4. The van der Waals surface area contributed by atoms with Crippen molar-refractivity contribution in [1.82, 2.24) is 14.5 Å². The van der Waals surface area contributed by atoms with Crippen molar-refractivity contribution in [2.45, 2.75) is 33.2 Å². The number of nitrogens with one attached hydrogen (secondary N) is 1. The lowest BCUT2D eigenvalue weighted by Crippen LogP contribution is -2.48. The van der Waals surface area contributed by atoms with Crippen LogP contribution in [0.4, 0.5) is 11.4 Å². The summed E-state index contributed by atoms with van der Waals surface area (Å²) in [4.78, 5) is 25.2. The minimum atomic E-state index is -0.923. The quantitative estimate of drug-likeness (QED) is 0.221. The molecule has 1 atom stereocenters. The predicted octanol–water partition coefficient (Wildman–Crippen LogP) is 7.42. The van der Waals surface area contributed by atoms with Gasteiger partial charge in [0, 0.05) is 18.1 Å². The summed E-state index contributed by atoms with van der Waals surface area (Å²) in [6.45, 7) is 4.98. The van der Waals surface area contributed by atoms with Crippen molar-refractivity contribution < 1.29 is 9.90 Å². The fraction of sp³-hybridized carbons (Fsp3) is 0.182. The monoisotopic (exact) mass is 515 g/mol. The molecule has 1 aliphatic heterocycles. The summed E-state index contributed by atoms with van der Waals surface area (Å²) in [6.07, 6.45) is 1.97. The topological polar surface area (TPSA) is 78.3 Å². The van der Waals surface area contributed by atoms with E-state index in [1.807, 2.05) is 30.3 Å². The van der Waals surface area contributed by atoms with Crippen LogP contribution in [0.25, 0.3) is 22.2 Å². The Bertz CT molecular complexity index is 1750.